The zero-order valence-corrected chi connectivity index (χ0v) is 10.1. The average Bonchev–Trinajstić information content (AvgIpc) is 2.96. The first kappa shape index (κ1) is 13.5. The second kappa shape index (κ2) is 6.27. The molecule has 2 aromatic rings. The van der Waals surface area contributed by atoms with Crippen LogP contribution in [0.25, 0.3) is 0 Å². The standard InChI is InChI=1S/C11H9N4O5/c16-11(12-5-10-13-7-20-14-10)19-6-8-1-3-9(4-2-8)15(17)18/h1-4H,5-6H2,(H,12,16). The molecule has 0 unspecified atom stereocenters. The van der Waals surface area contributed by atoms with Crippen LogP contribution in [-0.2, 0) is 17.9 Å². The van der Waals surface area contributed by atoms with E-state index in [9.17, 15) is 14.9 Å². The molecule has 20 heavy (non-hydrogen) atoms. The van der Waals surface area contributed by atoms with E-state index >= 15 is 0 Å². The summed E-state index contributed by atoms with van der Waals surface area (Å²) in [6.07, 6.45) is 1.48. The third-order valence-corrected chi connectivity index (χ3v) is 2.27. The van der Waals surface area contributed by atoms with E-state index in [1.54, 1.807) is 0 Å². The predicted octanol–water partition coefficient (Wildman–Crippen LogP) is 1.20. The van der Waals surface area contributed by atoms with Gasteiger partial charge < -0.3 is 14.6 Å². The van der Waals surface area contributed by atoms with Crippen molar-refractivity contribution in [3.8, 4) is 0 Å². The number of nitro benzene ring substituents is 1. The summed E-state index contributed by atoms with van der Waals surface area (Å²) >= 11 is 0. The highest BCUT2D eigenvalue weighted by molar-refractivity contribution is 5.67. The van der Waals surface area contributed by atoms with Gasteiger partial charge in [0.05, 0.1) is 11.5 Å². The number of hydrogen-bond acceptors (Lipinski definition) is 7. The molecule has 0 atom stereocenters. The Kier molecular flexibility index (Phi) is 4.22. The summed E-state index contributed by atoms with van der Waals surface area (Å²) < 4.78 is 9.28. The molecular formula is C11H9N4O5. The van der Waals surface area contributed by atoms with Gasteiger partial charge in [0.25, 0.3) is 5.69 Å². The van der Waals surface area contributed by atoms with Gasteiger partial charge in [0.15, 0.2) is 5.82 Å². The maximum absolute atomic E-state index is 11.3. The Morgan fingerprint density at radius 2 is 2.20 bits per heavy atom. The first-order valence-electron chi connectivity index (χ1n) is 5.48. The molecule has 0 fully saturated rings. The van der Waals surface area contributed by atoms with Gasteiger partial charge in [-0.25, -0.2) is 4.79 Å². The van der Waals surface area contributed by atoms with Gasteiger partial charge >= 0.3 is 12.5 Å². The van der Waals surface area contributed by atoms with Crippen LogP contribution >= 0.6 is 0 Å². The Balaban J connectivity index is 1.76. The number of nitrogens with zero attached hydrogens (tertiary/aromatic N) is 3. The maximum atomic E-state index is 11.3. The van der Waals surface area contributed by atoms with Crippen LogP contribution in [0.5, 0.6) is 0 Å². The number of nitrogens with one attached hydrogen (secondary N) is 1. The molecule has 9 heteroatoms. The lowest BCUT2D eigenvalue weighted by molar-refractivity contribution is -0.384. The van der Waals surface area contributed by atoms with E-state index in [0.717, 1.165) is 0 Å². The third-order valence-electron chi connectivity index (χ3n) is 2.27. The zero-order chi connectivity index (χ0) is 14.4. The zero-order valence-electron chi connectivity index (χ0n) is 10.1. The molecule has 9 nitrogen and oxygen atoms in total. The predicted molar refractivity (Wildman–Crippen MR) is 63.3 cm³/mol. The number of rotatable bonds is 5. The number of carbonyl (C=O) groups is 1. The lowest BCUT2D eigenvalue weighted by atomic mass is 10.2. The van der Waals surface area contributed by atoms with E-state index in [2.05, 4.69) is 26.4 Å². The molecule has 0 bridgehead atoms. The molecule has 0 saturated heterocycles. The van der Waals surface area contributed by atoms with Crippen molar-refractivity contribution in [3.63, 3.8) is 0 Å². The van der Waals surface area contributed by atoms with Gasteiger partial charge in [0.2, 0.25) is 0 Å². The topological polar surface area (TPSA) is 120 Å². The van der Waals surface area contributed by atoms with E-state index in [1.807, 2.05) is 0 Å². The largest absolute Gasteiger partial charge is 0.445 e. The first-order valence-corrected chi connectivity index (χ1v) is 5.48. The monoisotopic (exact) mass is 277 g/mol. The summed E-state index contributed by atoms with van der Waals surface area (Å²) in [5.74, 6) is 0.275. The number of non-ortho nitro benzene ring substituents is 1. The van der Waals surface area contributed by atoms with Crippen molar-refractivity contribution in [2.75, 3.05) is 0 Å². The fourth-order valence-electron chi connectivity index (χ4n) is 1.30. The molecule has 1 aromatic carbocycles. The second-order valence-electron chi connectivity index (χ2n) is 3.66. The number of ether oxygens (including phenoxy) is 1. The highest BCUT2D eigenvalue weighted by Gasteiger charge is 2.07. The van der Waals surface area contributed by atoms with Gasteiger partial charge in [0.1, 0.15) is 6.61 Å². The van der Waals surface area contributed by atoms with Crippen LogP contribution in [0.2, 0.25) is 0 Å². The van der Waals surface area contributed by atoms with Gasteiger partial charge in [-0.05, 0) is 17.7 Å². The van der Waals surface area contributed by atoms with Gasteiger partial charge in [-0.2, -0.15) is 4.98 Å². The van der Waals surface area contributed by atoms with Crippen molar-refractivity contribution < 1.29 is 19.0 Å². The highest BCUT2D eigenvalue weighted by atomic mass is 16.6. The molecule has 1 aromatic heterocycles. The minimum atomic E-state index is -0.659. The average molecular weight is 277 g/mol. The summed E-state index contributed by atoms with van der Waals surface area (Å²) in [5.41, 5.74) is 0.616. The smallest absolute Gasteiger partial charge is 0.407 e. The Morgan fingerprint density at radius 1 is 1.45 bits per heavy atom. The summed E-state index contributed by atoms with van der Waals surface area (Å²) in [6.45, 7) is 0.0638. The molecule has 103 valence electrons. The SMILES string of the molecule is O=C(NCc1n[c]on1)OCc1ccc([N+](=O)[O-])cc1. The van der Waals surface area contributed by atoms with Crippen molar-refractivity contribution in [3.05, 3.63) is 52.2 Å². The molecule has 1 heterocycles. The van der Waals surface area contributed by atoms with Crippen LogP contribution in [0.4, 0.5) is 10.5 Å². The summed E-state index contributed by atoms with van der Waals surface area (Å²) in [7, 11) is 0. The maximum Gasteiger partial charge on any atom is 0.407 e. The molecule has 1 N–H and O–H groups in total. The van der Waals surface area contributed by atoms with Crippen LogP contribution < -0.4 is 5.32 Å². The van der Waals surface area contributed by atoms with E-state index in [4.69, 9.17) is 4.74 Å². The van der Waals surface area contributed by atoms with Gasteiger partial charge in [-0.1, -0.05) is 5.16 Å². The lowest BCUT2D eigenvalue weighted by Crippen LogP contribution is -2.24. The van der Waals surface area contributed by atoms with E-state index in [1.165, 1.54) is 24.3 Å². The Hall–Kier alpha value is -2.97. The number of amides is 1. The fourth-order valence-corrected chi connectivity index (χ4v) is 1.30. The van der Waals surface area contributed by atoms with Crippen molar-refractivity contribution >= 4 is 11.8 Å². The van der Waals surface area contributed by atoms with Crippen LogP contribution in [0.15, 0.2) is 28.8 Å². The number of aromatic nitrogens is 2. The number of nitro groups is 1. The molecule has 0 saturated carbocycles. The quantitative estimate of drug-likeness (QED) is 0.643. The van der Waals surface area contributed by atoms with Crippen molar-refractivity contribution in [1.29, 1.82) is 0 Å². The molecule has 1 radical (unpaired) electrons. The van der Waals surface area contributed by atoms with Crippen LogP contribution in [0.1, 0.15) is 11.4 Å². The van der Waals surface area contributed by atoms with E-state index in [-0.39, 0.29) is 24.7 Å². The van der Waals surface area contributed by atoms with Crippen LogP contribution in [-0.4, -0.2) is 21.2 Å². The number of alkyl carbamates (subject to hydrolysis) is 1. The highest BCUT2D eigenvalue weighted by Crippen LogP contribution is 2.12. The molecule has 0 aliphatic carbocycles. The van der Waals surface area contributed by atoms with Gasteiger partial charge in [0, 0.05) is 12.1 Å². The summed E-state index contributed by atoms with van der Waals surface area (Å²) in [5, 5.41) is 16.3. The number of carbonyl (C=O) groups excluding carboxylic acids is 1. The number of benzene rings is 1. The van der Waals surface area contributed by atoms with Crippen molar-refractivity contribution in [2.24, 2.45) is 0 Å². The van der Waals surface area contributed by atoms with E-state index < -0.39 is 11.0 Å². The third kappa shape index (κ3) is 3.77. The molecule has 0 aliphatic heterocycles. The minimum Gasteiger partial charge on any atom is -0.445 e. The Labute approximate surface area is 112 Å². The summed E-state index contributed by atoms with van der Waals surface area (Å²) in [6, 6.07) is 5.70. The molecule has 0 spiro atoms. The second-order valence-corrected chi connectivity index (χ2v) is 3.66. The Bertz CT molecular complexity index is 581. The lowest BCUT2D eigenvalue weighted by Gasteiger charge is -2.05. The van der Waals surface area contributed by atoms with Crippen LogP contribution in [0.3, 0.4) is 0 Å². The van der Waals surface area contributed by atoms with Gasteiger partial charge in [-0.3, -0.25) is 10.1 Å². The van der Waals surface area contributed by atoms with Gasteiger partial charge in [-0.15, -0.1) is 0 Å². The fraction of sp³-hybridized carbons (Fsp3) is 0.182. The van der Waals surface area contributed by atoms with E-state index in [0.29, 0.717) is 5.56 Å². The van der Waals surface area contributed by atoms with Crippen LogP contribution in [0, 0.1) is 16.5 Å². The normalized spacial score (nSPS) is 10.0. The first-order chi connectivity index (χ1) is 9.65. The molecular weight excluding hydrogens is 268 g/mol. The Morgan fingerprint density at radius 3 is 2.80 bits per heavy atom. The number of hydrogen-bond donors (Lipinski definition) is 1. The molecule has 0 aliphatic rings. The molecule has 2 rings (SSSR count). The summed E-state index contributed by atoms with van der Waals surface area (Å²) in [4.78, 5) is 24.9. The molecule has 1 amide bonds. The minimum absolute atomic E-state index is 0.00218. The van der Waals surface area contributed by atoms with Crippen molar-refractivity contribution in [1.82, 2.24) is 15.5 Å². The van der Waals surface area contributed by atoms with Crippen molar-refractivity contribution in [2.45, 2.75) is 13.2 Å².